The molecule has 0 aliphatic carbocycles. The van der Waals surface area contributed by atoms with Crippen molar-refractivity contribution < 1.29 is 58.5 Å². The Kier molecular flexibility index (Phi) is 22.8. The molecule has 79 heavy (non-hydrogen) atoms. The van der Waals surface area contributed by atoms with Crippen LogP contribution in [0.2, 0.25) is 0 Å². The highest BCUT2D eigenvalue weighted by Crippen LogP contribution is 2.22. The minimum atomic E-state index is -1.43. The molecule has 8 atom stereocenters. The number of phenols is 1. The molecule has 0 radical (unpaired) electrons. The van der Waals surface area contributed by atoms with Gasteiger partial charge in [0.2, 0.25) is 47.3 Å². The van der Waals surface area contributed by atoms with Crippen LogP contribution in [-0.2, 0) is 62.4 Å². The smallest absolute Gasteiger partial charge is 0.326 e. The maximum atomic E-state index is 14.6. The van der Waals surface area contributed by atoms with E-state index in [0.717, 1.165) is 17.7 Å². The zero-order valence-electron chi connectivity index (χ0n) is 44.8. The van der Waals surface area contributed by atoms with Crippen molar-refractivity contribution in [3.05, 3.63) is 96.1 Å². The molecule has 1 saturated heterocycles. The van der Waals surface area contributed by atoms with Gasteiger partial charge in [-0.1, -0.05) is 82.3 Å². The molecule has 3 aromatic carbocycles. The van der Waals surface area contributed by atoms with Gasteiger partial charge in [-0.2, -0.15) is 0 Å². The first-order valence-corrected chi connectivity index (χ1v) is 26.0. The van der Waals surface area contributed by atoms with E-state index in [-0.39, 0.29) is 63.3 Å². The fraction of sp³-hybridized carbons (Fsp3) is 0.463. The summed E-state index contributed by atoms with van der Waals surface area (Å²) in [6, 6.07) is 8.30. The Bertz CT molecular complexity index is 2790. The molecule has 1 aliphatic heterocycles. The van der Waals surface area contributed by atoms with Crippen LogP contribution in [-0.4, -0.2) is 164 Å². The zero-order chi connectivity index (χ0) is 57.9. The number of fused-ring (bicyclic) bond motifs is 1. The molecule has 0 bridgehead atoms. The number of amidine groups is 1. The van der Waals surface area contributed by atoms with Crippen LogP contribution in [0.1, 0.15) is 70.7 Å². The van der Waals surface area contributed by atoms with Gasteiger partial charge in [0, 0.05) is 44.6 Å². The van der Waals surface area contributed by atoms with Crippen LogP contribution in [0.5, 0.6) is 5.75 Å². The first-order chi connectivity index (χ1) is 37.5. The molecule has 8 unspecified atom stereocenters. The van der Waals surface area contributed by atoms with E-state index in [1.165, 1.54) is 41.7 Å². The fourth-order valence-corrected chi connectivity index (χ4v) is 9.02. The number of carbonyl (C=O) groups is 9. The number of aliphatic carboxylic acids is 1. The first kappa shape index (κ1) is 61.4. The number of amides is 8. The highest BCUT2D eigenvalue weighted by Gasteiger charge is 2.41. The maximum Gasteiger partial charge on any atom is 0.326 e. The van der Waals surface area contributed by atoms with Crippen LogP contribution in [0.4, 0.5) is 0 Å². The number of imidazole rings is 1. The summed E-state index contributed by atoms with van der Waals surface area (Å²) in [6.45, 7) is 7.02. The van der Waals surface area contributed by atoms with Crippen molar-refractivity contribution in [1.29, 1.82) is 5.41 Å². The molecule has 25 heteroatoms. The molecule has 2 heterocycles. The zero-order valence-corrected chi connectivity index (χ0v) is 44.8. The summed E-state index contributed by atoms with van der Waals surface area (Å²) in [5.74, 6) is -8.97. The Balaban J connectivity index is 1.34. The molecule has 0 spiro atoms. The molecule has 1 fully saturated rings. The topological polar surface area (TPSA) is 392 Å². The van der Waals surface area contributed by atoms with Gasteiger partial charge in [0.05, 0.1) is 19.5 Å². The van der Waals surface area contributed by atoms with Gasteiger partial charge in [-0.3, -0.25) is 43.8 Å². The van der Waals surface area contributed by atoms with E-state index in [2.05, 4.69) is 52.5 Å². The van der Waals surface area contributed by atoms with Crippen molar-refractivity contribution in [2.75, 3.05) is 26.2 Å². The van der Waals surface area contributed by atoms with Crippen LogP contribution in [0.25, 0.3) is 10.8 Å². The van der Waals surface area contributed by atoms with E-state index in [1.54, 1.807) is 33.8 Å². The molecule has 5 rings (SSSR count). The van der Waals surface area contributed by atoms with Crippen molar-refractivity contribution in [2.24, 2.45) is 17.6 Å². The highest BCUT2D eigenvalue weighted by atomic mass is 16.4. The van der Waals surface area contributed by atoms with Gasteiger partial charge in [0.1, 0.15) is 59.9 Å². The van der Waals surface area contributed by atoms with Crippen molar-refractivity contribution >= 4 is 69.8 Å². The highest BCUT2D eigenvalue weighted by molar-refractivity contribution is 5.98. The van der Waals surface area contributed by atoms with Crippen LogP contribution in [0.3, 0.4) is 0 Å². The molecule has 8 amide bonds. The number of carboxylic acids is 1. The largest absolute Gasteiger partial charge is 0.508 e. The standard InChI is InChI=1S/C54H73N13O12/c1-29(2)45(65-47(71)38(18-19-57-26-44(55)56)61-49(73)42(27-68)60-31(5)69)51(75)62-39(22-32-13-16-37(70)17-14-32)48(72)66-46(30(3)4)52(76)63-40(24-36-25-58-28-59-36)53(77)67-20-8-11-43(67)50(74)64-41(54(78)79)23-33-12-15-34-9-6-7-10-35(34)21-33/h6-7,9-10,12-17,21,25,28-30,38-43,45-46,57,68,70H,8,11,18-20,22-24,26-27H2,1-5H3,(H3,55,56)(H,58,59)(H,60,69)(H,61,73)(H,62,75)(H,63,76)(H,64,74)(H,65,71)(H,66,72)(H,78,79). The molecular weight excluding hydrogens is 1020 g/mol. The molecule has 0 saturated carbocycles. The quantitative estimate of drug-likeness (QED) is 0.0176. The number of aliphatic hydroxyl groups is 1. The number of H-pyrrole nitrogens is 1. The number of hydrogen-bond donors (Lipinski definition) is 14. The van der Waals surface area contributed by atoms with Gasteiger partial charge in [-0.05, 0) is 71.7 Å². The van der Waals surface area contributed by atoms with Gasteiger partial charge in [0.25, 0.3) is 0 Å². The Hall–Kier alpha value is -8.45. The molecule has 1 aliphatic rings. The van der Waals surface area contributed by atoms with E-state index < -0.39 is 120 Å². The summed E-state index contributed by atoms with van der Waals surface area (Å²) in [6.07, 6.45) is 3.04. The lowest BCUT2D eigenvalue weighted by Crippen LogP contribution is -2.62. The number of carboxylic acid groups (broad SMARTS) is 1. The summed E-state index contributed by atoms with van der Waals surface area (Å²) in [5.41, 5.74) is 7.05. The Labute approximate surface area is 456 Å². The fourth-order valence-electron chi connectivity index (χ4n) is 9.02. The normalized spacial score (nSPS) is 15.8. The molecular formula is C54H73N13O12. The van der Waals surface area contributed by atoms with Gasteiger partial charge in [-0.25, -0.2) is 9.78 Å². The van der Waals surface area contributed by atoms with E-state index in [0.29, 0.717) is 23.2 Å². The number of phenolic OH excluding ortho intramolecular Hbond substituents is 1. The van der Waals surface area contributed by atoms with E-state index in [9.17, 15) is 58.5 Å². The second kappa shape index (κ2) is 29.3. The average Bonchev–Trinajstić information content (AvgIpc) is 4.13. The number of nitrogens with zero attached hydrogens (tertiary/aromatic N) is 2. The van der Waals surface area contributed by atoms with E-state index >= 15 is 0 Å². The summed E-state index contributed by atoms with van der Waals surface area (Å²) < 4.78 is 0. The number of nitrogens with one attached hydrogen (secondary N) is 10. The SMILES string of the molecule is CC(=O)NC(CO)C(=O)NC(CCNCC(=N)N)C(=O)NC(C(=O)NC(Cc1ccc(O)cc1)C(=O)NC(C(=O)NC(Cc1cnc[nH]1)C(=O)N1CCCC1C(=O)NC(Cc1ccc2ccccc2c1)C(=O)O)C(C)C)C(C)C. The predicted octanol–water partition coefficient (Wildman–Crippen LogP) is -0.995. The van der Waals surface area contributed by atoms with Crippen molar-refractivity contribution in [2.45, 2.75) is 121 Å². The van der Waals surface area contributed by atoms with Crippen LogP contribution in [0.15, 0.2) is 79.3 Å². The van der Waals surface area contributed by atoms with E-state index in [4.69, 9.17) is 11.1 Å². The third kappa shape index (κ3) is 18.3. The Morgan fingerprint density at radius 2 is 1.29 bits per heavy atom. The third-order valence-corrected chi connectivity index (χ3v) is 13.2. The first-order valence-electron chi connectivity index (χ1n) is 26.0. The predicted molar refractivity (Wildman–Crippen MR) is 289 cm³/mol. The maximum absolute atomic E-state index is 14.6. The number of hydrogen-bond acceptors (Lipinski definition) is 14. The van der Waals surface area contributed by atoms with Gasteiger partial charge >= 0.3 is 5.97 Å². The number of aromatic nitrogens is 2. The van der Waals surface area contributed by atoms with Crippen LogP contribution in [0, 0.1) is 17.2 Å². The lowest BCUT2D eigenvalue weighted by atomic mass is 9.98. The summed E-state index contributed by atoms with van der Waals surface area (Å²) in [5, 5.41) is 60.5. The minimum absolute atomic E-state index is 0.0258. The summed E-state index contributed by atoms with van der Waals surface area (Å²) in [7, 11) is 0. The Morgan fingerprint density at radius 3 is 1.87 bits per heavy atom. The van der Waals surface area contributed by atoms with Gasteiger partial charge in [0.15, 0.2) is 0 Å². The van der Waals surface area contributed by atoms with Gasteiger partial charge < -0.3 is 73.5 Å². The van der Waals surface area contributed by atoms with E-state index in [1.807, 2.05) is 36.4 Å². The molecule has 15 N–H and O–H groups in total. The number of rotatable bonds is 29. The summed E-state index contributed by atoms with van der Waals surface area (Å²) >= 11 is 0. The lowest BCUT2D eigenvalue weighted by molar-refractivity contribution is -0.145. The third-order valence-electron chi connectivity index (χ3n) is 13.2. The lowest BCUT2D eigenvalue weighted by Gasteiger charge is -2.31. The number of benzene rings is 3. The number of carbonyl (C=O) groups excluding carboxylic acids is 8. The number of aliphatic hydroxyl groups excluding tert-OH is 1. The van der Waals surface area contributed by atoms with Crippen molar-refractivity contribution in [3.63, 3.8) is 0 Å². The monoisotopic (exact) mass is 1100 g/mol. The van der Waals surface area contributed by atoms with Crippen molar-refractivity contribution in [3.8, 4) is 5.75 Å². The van der Waals surface area contributed by atoms with Gasteiger partial charge in [-0.15, -0.1) is 0 Å². The number of nitrogens with two attached hydrogens (primary N) is 1. The van der Waals surface area contributed by atoms with Crippen LogP contribution < -0.4 is 48.3 Å². The van der Waals surface area contributed by atoms with Crippen molar-refractivity contribution in [1.82, 2.24) is 57.4 Å². The molecule has 25 nitrogen and oxygen atoms in total. The number of aromatic amines is 1. The molecule has 4 aromatic rings. The molecule has 1 aromatic heterocycles. The molecule has 426 valence electrons. The second-order valence-electron chi connectivity index (χ2n) is 20.2. The number of likely N-dealkylation sites (tertiary alicyclic amines) is 1. The summed E-state index contributed by atoms with van der Waals surface area (Å²) in [4.78, 5) is 132. The Morgan fingerprint density at radius 1 is 0.709 bits per heavy atom. The number of aromatic hydroxyl groups is 1. The minimum Gasteiger partial charge on any atom is -0.508 e. The second-order valence-corrected chi connectivity index (χ2v) is 20.2. The van der Waals surface area contributed by atoms with Crippen LogP contribution >= 0.6 is 0 Å². The average molecular weight is 1100 g/mol.